The van der Waals surface area contributed by atoms with Gasteiger partial charge in [0.1, 0.15) is 0 Å². The van der Waals surface area contributed by atoms with E-state index in [-0.39, 0.29) is 6.04 Å². The molecule has 0 radical (unpaired) electrons. The summed E-state index contributed by atoms with van der Waals surface area (Å²) in [4.78, 5) is 4.48. The van der Waals surface area contributed by atoms with Gasteiger partial charge in [0.25, 0.3) is 0 Å². The Bertz CT molecular complexity index is 541. The van der Waals surface area contributed by atoms with Crippen molar-refractivity contribution in [3.05, 3.63) is 64.5 Å². The summed E-state index contributed by atoms with van der Waals surface area (Å²) in [6.07, 6.45) is 3.66. The van der Waals surface area contributed by atoms with Gasteiger partial charge in [0.05, 0.1) is 11.7 Å². The number of nitrogens with two attached hydrogens (primary N) is 1. The summed E-state index contributed by atoms with van der Waals surface area (Å²) in [6, 6.07) is 10.5. The molecule has 19 heavy (non-hydrogen) atoms. The van der Waals surface area contributed by atoms with Crippen molar-refractivity contribution in [2.75, 3.05) is 0 Å². The number of aromatic nitrogens is 1. The lowest BCUT2D eigenvalue weighted by Crippen LogP contribution is -2.18. The van der Waals surface area contributed by atoms with Crippen molar-refractivity contribution < 1.29 is 0 Å². The van der Waals surface area contributed by atoms with Crippen LogP contribution in [0.3, 0.4) is 0 Å². The van der Waals surface area contributed by atoms with Crippen molar-refractivity contribution in [3.63, 3.8) is 0 Å². The first-order valence-corrected chi connectivity index (χ1v) is 6.88. The molecule has 0 fully saturated rings. The number of rotatable bonds is 4. The molecule has 0 spiro atoms. The molecular weight excluding hydrogens is 232 g/mol. The molecular formula is C17H22N2. The maximum atomic E-state index is 6.38. The Morgan fingerprint density at radius 1 is 1.11 bits per heavy atom. The molecule has 1 unspecified atom stereocenters. The summed E-state index contributed by atoms with van der Waals surface area (Å²) in [5.74, 6) is 0. The van der Waals surface area contributed by atoms with E-state index >= 15 is 0 Å². The zero-order valence-corrected chi connectivity index (χ0v) is 12.0. The minimum absolute atomic E-state index is 0.0315. The molecule has 1 aromatic heterocycles. The molecule has 0 saturated heterocycles. The molecule has 1 heterocycles. The van der Waals surface area contributed by atoms with E-state index in [2.05, 4.69) is 50.0 Å². The molecule has 1 aromatic carbocycles. The van der Waals surface area contributed by atoms with Crippen molar-refractivity contribution in [2.24, 2.45) is 5.73 Å². The molecule has 2 rings (SSSR count). The van der Waals surface area contributed by atoms with Gasteiger partial charge in [0.2, 0.25) is 0 Å². The summed E-state index contributed by atoms with van der Waals surface area (Å²) in [6.45, 7) is 6.44. The SMILES string of the molecule is CCc1cccnc1C(N)Cc1c(C)cccc1C. The second-order valence-electron chi connectivity index (χ2n) is 5.08. The molecule has 2 heteroatoms. The van der Waals surface area contributed by atoms with E-state index in [0.29, 0.717) is 0 Å². The normalized spacial score (nSPS) is 12.4. The van der Waals surface area contributed by atoms with Crippen molar-refractivity contribution in [1.29, 1.82) is 0 Å². The van der Waals surface area contributed by atoms with Crippen LogP contribution in [0.4, 0.5) is 0 Å². The quantitative estimate of drug-likeness (QED) is 0.907. The monoisotopic (exact) mass is 254 g/mol. The molecule has 0 saturated carbocycles. The first kappa shape index (κ1) is 13.8. The largest absolute Gasteiger partial charge is 0.322 e. The summed E-state index contributed by atoms with van der Waals surface area (Å²) in [7, 11) is 0. The number of hydrogen-bond donors (Lipinski definition) is 1. The van der Waals surface area contributed by atoms with Crippen LogP contribution in [0.2, 0.25) is 0 Å². The van der Waals surface area contributed by atoms with Gasteiger partial charge in [-0.3, -0.25) is 4.98 Å². The van der Waals surface area contributed by atoms with Crippen LogP contribution in [0.25, 0.3) is 0 Å². The maximum Gasteiger partial charge on any atom is 0.0606 e. The third kappa shape index (κ3) is 3.02. The third-order valence-corrected chi connectivity index (χ3v) is 3.73. The summed E-state index contributed by atoms with van der Waals surface area (Å²) in [5.41, 5.74) is 12.6. The van der Waals surface area contributed by atoms with Gasteiger partial charge < -0.3 is 5.73 Å². The molecule has 2 aromatic rings. The molecule has 2 N–H and O–H groups in total. The molecule has 0 aliphatic rings. The van der Waals surface area contributed by atoms with Crippen molar-refractivity contribution in [1.82, 2.24) is 4.98 Å². The van der Waals surface area contributed by atoms with Crippen molar-refractivity contribution in [2.45, 2.75) is 39.7 Å². The van der Waals surface area contributed by atoms with E-state index < -0.39 is 0 Å². The zero-order valence-electron chi connectivity index (χ0n) is 12.0. The van der Waals surface area contributed by atoms with Gasteiger partial charge in [-0.05, 0) is 55.0 Å². The topological polar surface area (TPSA) is 38.9 Å². The highest BCUT2D eigenvalue weighted by atomic mass is 14.8. The number of aryl methyl sites for hydroxylation is 3. The molecule has 0 aliphatic carbocycles. The molecule has 100 valence electrons. The van der Waals surface area contributed by atoms with Gasteiger partial charge in [-0.25, -0.2) is 0 Å². The lowest BCUT2D eigenvalue weighted by molar-refractivity contribution is 0.680. The highest BCUT2D eigenvalue weighted by molar-refractivity contribution is 5.35. The Morgan fingerprint density at radius 3 is 2.42 bits per heavy atom. The average Bonchev–Trinajstić information content (AvgIpc) is 2.42. The fourth-order valence-electron chi connectivity index (χ4n) is 2.57. The van der Waals surface area contributed by atoms with Crippen LogP contribution < -0.4 is 5.73 Å². The van der Waals surface area contributed by atoms with Gasteiger partial charge >= 0.3 is 0 Å². The Kier molecular flexibility index (Phi) is 4.33. The van der Waals surface area contributed by atoms with Crippen LogP contribution in [0.5, 0.6) is 0 Å². The van der Waals surface area contributed by atoms with Gasteiger partial charge in [-0.2, -0.15) is 0 Å². The number of pyridine rings is 1. The van der Waals surface area contributed by atoms with Crippen LogP contribution in [0, 0.1) is 13.8 Å². The van der Waals surface area contributed by atoms with E-state index in [1.807, 2.05) is 12.3 Å². The molecule has 0 amide bonds. The lowest BCUT2D eigenvalue weighted by Gasteiger charge is -2.17. The number of benzene rings is 1. The minimum Gasteiger partial charge on any atom is -0.322 e. The smallest absolute Gasteiger partial charge is 0.0606 e. The summed E-state index contributed by atoms with van der Waals surface area (Å²) < 4.78 is 0. The van der Waals surface area contributed by atoms with E-state index in [1.165, 1.54) is 22.3 Å². The number of hydrogen-bond acceptors (Lipinski definition) is 2. The second-order valence-corrected chi connectivity index (χ2v) is 5.08. The minimum atomic E-state index is -0.0315. The van der Waals surface area contributed by atoms with Gasteiger partial charge in [0.15, 0.2) is 0 Å². The van der Waals surface area contributed by atoms with E-state index in [9.17, 15) is 0 Å². The zero-order chi connectivity index (χ0) is 13.8. The summed E-state index contributed by atoms with van der Waals surface area (Å²) in [5, 5.41) is 0. The van der Waals surface area contributed by atoms with Gasteiger partial charge in [-0.1, -0.05) is 31.2 Å². The molecule has 1 atom stereocenters. The van der Waals surface area contributed by atoms with Crippen LogP contribution in [0.1, 0.15) is 40.9 Å². The Hall–Kier alpha value is -1.67. The standard InChI is InChI=1S/C17H22N2/c1-4-14-9-6-10-19-17(14)16(18)11-15-12(2)7-5-8-13(15)3/h5-10,16H,4,11,18H2,1-3H3. The Balaban J connectivity index is 2.28. The van der Waals surface area contributed by atoms with Gasteiger partial charge in [0, 0.05) is 6.20 Å². The predicted octanol–water partition coefficient (Wildman–Crippen LogP) is 3.50. The third-order valence-electron chi connectivity index (χ3n) is 3.73. The highest BCUT2D eigenvalue weighted by Gasteiger charge is 2.14. The fourth-order valence-corrected chi connectivity index (χ4v) is 2.57. The fraction of sp³-hybridized carbons (Fsp3) is 0.353. The van der Waals surface area contributed by atoms with E-state index in [1.54, 1.807) is 0 Å². The van der Waals surface area contributed by atoms with Crippen molar-refractivity contribution in [3.8, 4) is 0 Å². The molecule has 2 nitrogen and oxygen atoms in total. The predicted molar refractivity (Wildman–Crippen MR) is 80.2 cm³/mol. The molecule has 0 bridgehead atoms. The van der Waals surface area contributed by atoms with Gasteiger partial charge in [-0.15, -0.1) is 0 Å². The second kappa shape index (κ2) is 5.98. The molecule has 0 aliphatic heterocycles. The first-order chi connectivity index (χ1) is 9.13. The van der Waals surface area contributed by atoms with Crippen LogP contribution in [-0.4, -0.2) is 4.98 Å². The van der Waals surface area contributed by atoms with Crippen LogP contribution >= 0.6 is 0 Å². The Labute approximate surface area is 115 Å². The first-order valence-electron chi connectivity index (χ1n) is 6.88. The van der Waals surface area contributed by atoms with Crippen LogP contribution in [0.15, 0.2) is 36.5 Å². The summed E-state index contributed by atoms with van der Waals surface area (Å²) >= 11 is 0. The lowest BCUT2D eigenvalue weighted by atomic mass is 9.93. The van der Waals surface area contributed by atoms with Crippen LogP contribution in [-0.2, 0) is 12.8 Å². The van der Waals surface area contributed by atoms with E-state index in [4.69, 9.17) is 5.73 Å². The van der Waals surface area contributed by atoms with E-state index in [0.717, 1.165) is 18.5 Å². The van der Waals surface area contributed by atoms with Crippen molar-refractivity contribution >= 4 is 0 Å². The number of nitrogens with zero attached hydrogens (tertiary/aromatic N) is 1. The Morgan fingerprint density at radius 2 is 1.79 bits per heavy atom. The average molecular weight is 254 g/mol. The maximum absolute atomic E-state index is 6.38. The highest BCUT2D eigenvalue weighted by Crippen LogP contribution is 2.22.